The number of hydrogen-bond acceptors (Lipinski definition) is 4. The zero-order valence-corrected chi connectivity index (χ0v) is 12.1. The number of anilines is 1. The monoisotopic (exact) mass is 283 g/mol. The van der Waals surface area contributed by atoms with Gasteiger partial charge in [-0.25, -0.2) is 8.42 Å². The van der Waals surface area contributed by atoms with Gasteiger partial charge in [0.1, 0.15) is 9.84 Å². The Kier molecular flexibility index (Phi) is 4.82. The maximum absolute atomic E-state index is 11.4. The van der Waals surface area contributed by atoms with Gasteiger partial charge >= 0.3 is 0 Å². The van der Waals surface area contributed by atoms with Crippen molar-refractivity contribution >= 4 is 15.5 Å². The summed E-state index contributed by atoms with van der Waals surface area (Å²) in [4.78, 5) is 0. The summed E-state index contributed by atoms with van der Waals surface area (Å²) in [6, 6.07) is 8.40. The molecule has 5 heteroatoms. The van der Waals surface area contributed by atoms with E-state index in [9.17, 15) is 8.42 Å². The highest BCUT2D eigenvalue weighted by Crippen LogP contribution is 2.21. The van der Waals surface area contributed by atoms with Crippen molar-refractivity contribution in [1.82, 2.24) is 0 Å². The number of benzene rings is 1. The van der Waals surface area contributed by atoms with Crippen LogP contribution in [-0.4, -0.2) is 39.7 Å². The second kappa shape index (κ2) is 6.39. The van der Waals surface area contributed by atoms with Crippen LogP contribution < -0.4 is 5.32 Å². The molecule has 1 aliphatic rings. The Morgan fingerprint density at radius 3 is 2.63 bits per heavy atom. The Hall–Kier alpha value is -1.07. The number of sulfone groups is 1. The Morgan fingerprint density at radius 1 is 1.26 bits per heavy atom. The van der Waals surface area contributed by atoms with Gasteiger partial charge in [0.25, 0.3) is 0 Å². The third kappa shape index (κ3) is 4.21. The molecule has 4 nitrogen and oxygen atoms in total. The molecule has 1 aromatic rings. The first-order valence-electron chi connectivity index (χ1n) is 6.64. The molecule has 0 unspecified atom stereocenters. The average molecular weight is 283 g/mol. The van der Waals surface area contributed by atoms with Gasteiger partial charge in [-0.05, 0) is 30.9 Å². The van der Waals surface area contributed by atoms with Crippen molar-refractivity contribution in [2.24, 2.45) is 0 Å². The van der Waals surface area contributed by atoms with Crippen molar-refractivity contribution < 1.29 is 13.2 Å². The molecule has 0 atom stereocenters. The lowest BCUT2D eigenvalue weighted by Crippen LogP contribution is -2.32. The van der Waals surface area contributed by atoms with E-state index < -0.39 is 9.84 Å². The Bertz CT molecular complexity index is 499. The van der Waals surface area contributed by atoms with E-state index >= 15 is 0 Å². The fourth-order valence-corrected chi connectivity index (χ4v) is 3.84. The number of rotatable bonds is 5. The SMILES string of the molecule is COCCc1ccccc1NC1CCS(=O)(=O)CC1. The molecule has 1 saturated heterocycles. The van der Waals surface area contributed by atoms with Gasteiger partial charge < -0.3 is 10.1 Å². The Morgan fingerprint density at radius 2 is 1.95 bits per heavy atom. The van der Waals surface area contributed by atoms with E-state index in [4.69, 9.17) is 4.74 Å². The molecule has 0 bridgehead atoms. The van der Waals surface area contributed by atoms with Crippen LogP contribution in [0.5, 0.6) is 0 Å². The third-order valence-corrected chi connectivity index (χ3v) is 5.22. The van der Waals surface area contributed by atoms with Gasteiger partial charge in [-0.2, -0.15) is 0 Å². The fraction of sp³-hybridized carbons (Fsp3) is 0.571. The van der Waals surface area contributed by atoms with Crippen molar-refractivity contribution in [3.8, 4) is 0 Å². The second-order valence-electron chi connectivity index (χ2n) is 4.97. The molecule has 1 aromatic carbocycles. The quantitative estimate of drug-likeness (QED) is 0.896. The molecule has 106 valence electrons. The molecule has 0 aromatic heterocycles. The third-order valence-electron chi connectivity index (χ3n) is 3.51. The molecule has 0 amide bonds. The molecule has 1 N–H and O–H groups in total. The van der Waals surface area contributed by atoms with Gasteiger partial charge in [-0.1, -0.05) is 18.2 Å². The van der Waals surface area contributed by atoms with Crippen molar-refractivity contribution in [3.05, 3.63) is 29.8 Å². The minimum atomic E-state index is -2.79. The van der Waals surface area contributed by atoms with Crippen LogP contribution in [0.25, 0.3) is 0 Å². The number of nitrogens with one attached hydrogen (secondary N) is 1. The summed E-state index contributed by atoms with van der Waals surface area (Å²) < 4.78 is 27.9. The predicted octanol–water partition coefficient (Wildman–Crippen LogP) is 1.86. The summed E-state index contributed by atoms with van der Waals surface area (Å²) in [6.07, 6.45) is 2.26. The minimum Gasteiger partial charge on any atom is -0.384 e. The molecule has 0 spiro atoms. The van der Waals surface area contributed by atoms with Crippen LogP contribution in [0.2, 0.25) is 0 Å². The normalized spacial score (nSPS) is 19.2. The summed E-state index contributed by atoms with van der Waals surface area (Å²) in [7, 11) is -1.10. The molecule has 1 aliphatic heterocycles. The molecule has 1 heterocycles. The highest BCUT2D eigenvalue weighted by molar-refractivity contribution is 7.91. The van der Waals surface area contributed by atoms with Crippen LogP contribution in [-0.2, 0) is 21.0 Å². The summed E-state index contributed by atoms with van der Waals surface area (Å²) in [5, 5.41) is 3.48. The van der Waals surface area contributed by atoms with E-state index in [2.05, 4.69) is 11.4 Å². The lowest BCUT2D eigenvalue weighted by molar-refractivity contribution is 0.202. The second-order valence-corrected chi connectivity index (χ2v) is 7.27. The first kappa shape index (κ1) is 14.3. The Balaban J connectivity index is 1.99. The largest absolute Gasteiger partial charge is 0.384 e. The minimum absolute atomic E-state index is 0.257. The summed E-state index contributed by atoms with van der Waals surface area (Å²) in [5.41, 5.74) is 2.32. The van der Waals surface area contributed by atoms with Gasteiger partial charge in [0.2, 0.25) is 0 Å². The zero-order chi connectivity index (χ0) is 13.7. The predicted molar refractivity (Wildman–Crippen MR) is 77.3 cm³/mol. The van der Waals surface area contributed by atoms with E-state index in [-0.39, 0.29) is 6.04 Å². The smallest absolute Gasteiger partial charge is 0.150 e. The summed E-state index contributed by atoms with van der Waals surface area (Å²) in [6.45, 7) is 0.692. The standard InChI is InChI=1S/C14H21NO3S/c1-18-9-6-12-4-2-3-5-14(12)15-13-7-10-19(16,17)11-8-13/h2-5,13,15H,6-11H2,1H3. The molecule has 1 fully saturated rings. The molecule has 2 rings (SSSR count). The molecule has 19 heavy (non-hydrogen) atoms. The molecule has 0 saturated carbocycles. The average Bonchev–Trinajstić information content (AvgIpc) is 2.40. The number of ether oxygens (including phenoxy) is 1. The van der Waals surface area contributed by atoms with Gasteiger partial charge in [0, 0.05) is 18.8 Å². The summed E-state index contributed by atoms with van der Waals surface area (Å²) >= 11 is 0. The highest BCUT2D eigenvalue weighted by atomic mass is 32.2. The topological polar surface area (TPSA) is 55.4 Å². The van der Waals surface area contributed by atoms with E-state index in [1.807, 2.05) is 18.2 Å². The van der Waals surface area contributed by atoms with Crippen LogP contribution >= 0.6 is 0 Å². The van der Waals surface area contributed by atoms with Gasteiger partial charge in [-0.3, -0.25) is 0 Å². The maximum Gasteiger partial charge on any atom is 0.150 e. The van der Waals surface area contributed by atoms with Crippen molar-refractivity contribution in [1.29, 1.82) is 0 Å². The lowest BCUT2D eigenvalue weighted by atomic mass is 10.1. The van der Waals surface area contributed by atoms with Gasteiger partial charge in [-0.15, -0.1) is 0 Å². The van der Waals surface area contributed by atoms with Crippen LogP contribution in [0, 0.1) is 0 Å². The Labute approximate surface area is 115 Å². The van der Waals surface area contributed by atoms with Crippen molar-refractivity contribution in [2.75, 3.05) is 30.5 Å². The van der Waals surface area contributed by atoms with E-state index in [0.717, 1.165) is 12.1 Å². The zero-order valence-electron chi connectivity index (χ0n) is 11.3. The van der Waals surface area contributed by atoms with E-state index in [1.165, 1.54) is 5.56 Å². The maximum atomic E-state index is 11.4. The van der Waals surface area contributed by atoms with Crippen LogP contribution in [0.15, 0.2) is 24.3 Å². The van der Waals surface area contributed by atoms with Crippen LogP contribution in [0.1, 0.15) is 18.4 Å². The molecule has 0 radical (unpaired) electrons. The molecule has 0 aliphatic carbocycles. The van der Waals surface area contributed by atoms with Crippen molar-refractivity contribution in [3.63, 3.8) is 0 Å². The fourth-order valence-electron chi connectivity index (χ4n) is 2.35. The number of methoxy groups -OCH3 is 1. The van der Waals surface area contributed by atoms with Crippen LogP contribution in [0.3, 0.4) is 0 Å². The van der Waals surface area contributed by atoms with Gasteiger partial charge in [0.05, 0.1) is 18.1 Å². The first-order valence-corrected chi connectivity index (χ1v) is 8.47. The number of para-hydroxylation sites is 1. The van der Waals surface area contributed by atoms with E-state index in [1.54, 1.807) is 7.11 Å². The number of hydrogen-bond donors (Lipinski definition) is 1. The van der Waals surface area contributed by atoms with Gasteiger partial charge in [0.15, 0.2) is 0 Å². The van der Waals surface area contributed by atoms with E-state index in [0.29, 0.717) is 31.0 Å². The lowest BCUT2D eigenvalue weighted by Gasteiger charge is -2.25. The van der Waals surface area contributed by atoms with Crippen molar-refractivity contribution in [2.45, 2.75) is 25.3 Å². The molecular weight excluding hydrogens is 262 g/mol. The highest BCUT2D eigenvalue weighted by Gasteiger charge is 2.23. The first-order chi connectivity index (χ1) is 9.11. The summed E-state index contributed by atoms with van der Waals surface area (Å²) in [5.74, 6) is 0.593. The van der Waals surface area contributed by atoms with Crippen LogP contribution in [0.4, 0.5) is 5.69 Å². The molecular formula is C14H21NO3S.